The second kappa shape index (κ2) is 13.5. The molecule has 1 saturated heterocycles. The smallest absolute Gasteiger partial charge is 0.162 e. The van der Waals surface area contributed by atoms with Crippen LogP contribution in [0.15, 0.2) is 107 Å². The lowest BCUT2D eigenvalue weighted by Gasteiger charge is -2.39. The molecule has 2 unspecified atom stereocenters. The number of hydrogen-bond acceptors (Lipinski definition) is 3. The molecule has 3 nitrogen and oxygen atoms in total. The van der Waals surface area contributed by atoms with Gasteiger partial charge in [0.2, 0.25) is 0 Å². The van der Waals surface area contributed by atoms with Gasteiger partial charge in [-0.15, -0.1) is 0 Å². The molecule has 3 aliphatic rings. The summed E-state index contributed by atoms with van der Waals surface area (Å²) in [6.07, 6.45) is 33.2. The summed E-state index contributed by atoms with van der Waals surface area (Å²) >= 11 is 0. The van der Waals surface area contributed by atoms with Crippen LogP contribution in [0.5, 0.6) is 0 Å². The Balaban J connectivity index is 1.48. The molecular formula is C40H56O3. The molecule has 0 bridgehead atoms. The van der Waals surface area contributed by atoms with Gasteiger partial charge in [-0.25, -0.2) is 0 Å². The molecule has 3 rings (SSSR count). The quantitative estimate of drug-likeness (QED) is 0.149. The van der Waals surface area contributed by atoms with Crippen LogP contribution in [0.3, 0.4) is 0 Å². The zero-order valence-electron chi connectivity index (χ0n) is 28.5. The van der Waals surface area contributed by atoms with Crippen molar-refractivity contribution in [3.05, 3.63) is 107 Å². The summed E-state index contributed by atoms with van der Waals surface area (Å²) in [5.41, 5.74) is 3.69. The fourth-order valence-corrected chi connectivity index (χ4v) is 7.01. The third-order valence-electron chi connectivity index (χ3n) is 10.4. The van der Waals surface area contributed by atoms with Gasteiger partial charge in [-0.3, -0.25) is 4.79 Å². The van der Waals surface area contributed by atoms with Gasteiger partial charge in [0.15, 0.2) is 5.78 Å². The Hall–Kier alpha value is -2.75. The lowest BCUT2D eigenvalue weighted by atomic mass is 9.63. The fraction of sp³-hybridized carbons (Fsp3) is 0.525. The molecule has 0 aromatic heterocycles. The molecule has 0 aromatic carbocycles. The van der Waals surface area contributed by atoms with Gasteiger partial charge in [-0.2, -0.15) is 0 Å². The fourth-order valence-electron chi connectivity index (χ4n) is 7.01. The van der Waals surface area contributed by atoms with Crippen molar-refractivity contribution in [3.63, 3.8) is 0 Å². The largest absolute Gasteiger partial charge is 0.393 e. The van der Waals surface area contributed by atoms with Gasteiger partial charge >= 0.3 is 0 Å². The van der Waals surface area contributed by atoms with Crippen LogP contribution < -0.4 is 0 Å². The van der Waals surface area contributed by atoms with Gasteiger partial charge in [0.25, 0.3) is 0 Å². The molecule has 1 aliphatic heterocycles. The number of ether oxygens (including phenoxy) is 1. The van der Waals surface area contributed by atoms with E-state index >= 15 is 0 Å². The Bertz CT molecular complexity index is 1320. The zero-order valence-corrected chi connectivity index (χ0v) is 28.5. The molecule has 1 heterocycles. The van der Waals surface area contributed by atoms with Crippen LogP contribution in [0.2, 0.25) is 0 Å². The van der Waals surface area contributed by atoms with Crippen molar-refractivity contribution in [2.45, 2.75) is 119 Å². The van der Waals surface area contributed by atoms with Gasteiger partial charge < -0.3 is 9.84 Å². The third-order valence-corrected chi connectivity index (χ3v) is 10.4. The number of fused-ring (bicyclic) bond motifs is 1. The number of aliphatic hydroxyl groups excluding tert-OH is 1. The first kappa shape index (κ1) is 34.7. The van der Waals surface area contributed by atoms with Crippen LogP contribution in [0.25, 0.3) is 0 Å². The Labute approximate surface area is 262 Å². The van der Waals surface area contributed by atoms with E-state index in [1.54, 1.807) is 6.08 Å². The van der Waals surface area contributed by atoms with Crippen LogP contribution in [-0.4, -0.2) is 28.2 Å². The van der Waals surface area contributed by atoms with Crippen LogP contribution >= 0.6 is 0 Å². The van der Waals surface area contributed by atoms with E-state index < -0.39 is 0 Å². The van der Waals surface area contributed by atoms with Crippen molar-refractivity contribution in [1.29, 1.82) is 0 Å². The molecular weight excluding hydrogens is 528 g/mol. The first-order chi connectivity index (χ1) is 20.0. The molecule has 0 aromatic rings. The second-order valence-electron chi connectivity index (χ2n) is 14.9. The maximum Gasteiger partial charge on any atom is 0.162 e. The maximum absolute atomic E-state index is 12.9. The summed E-state index contributed by atoms with van der Waals surface area (Å²) in [6.45, 7) is 21.4. The minimum absolute atomic E-state index is 0.0625. The molecule has 1 N–H and O–H groups in total. The predicted octanol–water partition coefficient (Wildman–Crippen LogP) is 10.0. The highest BCUT2D eigenvalue weighted by Crippen LogP contribution is 2.66. The highest BCUT2D eigenvalue weighted by Gasteiger charge is 2.74. The van der Waals surface area contributed by atoms with Crippen molar-refractivity contribution in [2.24, 2.45) is 16.2 Å². The Morgan fingerprint density at radius 3 is 1.67 bits per heavy atom. The van der Waals surface area contributed by atoms with Crippen molar-refractivity contribution in [3.8, 4) is 0 Å². The highest BCUT2D eigenvalue weighted by atomic mass is 16.6. The summed E-state index contributed by atoms with van der Waals surface area (Å²) < 4.78 is 6.24. The summed E-state index contributed by atoms with van der Waals surface area (Å²) in [7, 11) is 0. The van der Waals surface area contributed by atoms with Gasteiger partial charge in [-0.1, -0.05) is 136 Å². The van der Waals surface area contributed by atoms with Gasteiger partial charge in [0, 0.05) is 17.3 Å². The van der Waals surface area contributed by atoms with Crippen molar-refractivity contribution >= 4 is 5.78 Å². The van der Waals surface area contributed by atoms with E-state index in [1.165, 1.54) is 5.57 Å². The molecule has 43 heavy (non-hydrogen) atoms. The summed E-state index contributed by atoms with van der Waals surface area (Å²) in [4.78, 5) is 12.9. The number of allylic oxidation sites excluding steroid dienone is 17. The molecule has 2 saturated carbocycles. The number of rotatable bonds is 11. The average Bonchev–Trinajstić information content (AvgIpc) is 3.43. The van der Waals surface area contributed by atoms with E-state index in [2.05, 4.69) is 123 Å². The normalized spacial score (nSPS) is 33.5. The minimum atomic E-state index is -0.295. The molecule has 3 fully saturated rings. The second-order valence-corrected chi connectivity index (χ2v) is 14.9. The third kappa shape index (κ3) is 8.05. The molecule has 234 valence electrons. The van der Waals surface area contributed by atoms with Crippen LogP contribution in [-0.2, 0) is 9.53 Å². The minimum Gasteiger partial charge on any atom is -0.393 e. The van der Waals surface area contributed by atoms with Crippen LogP contribution in [0, 0.1) is 16.2 Å². The molecule has 4 atom stereocenters. The Morgan fingerprint density at radius 2 is 1.16 bits per heavy atom. The van der Waals surface area contributed by atoms with E-state index in [-0.39, 0.29) is 39.3 Å². The van der Waals surface area contributed by atoms with Gasteiger partial charge in [-0.05, 0) is 71.4 Å². The summed E-state index contributed by atoms with van der Waals surface area (Å²) in [5, 5.41) is 10.2. The standard InChI is InChI=1S/C40H56O3/c1-30(18-13-20-32(3)22-23-35(42)38(9)26-15-25-36(38,5)6)16-11-12-17-31(2)19-14-21-33(4)24-27-40-37(7,8)28-34(41)29-39(40,10)43-40/h11-14,16-24,27,34,41H,15,25-26,28-29H2,1-10H3/b12-11+,18-13+,19-14+,23-22+,27-24+,30-16+,31-17+,32-20+,33-21+/t34-,38-,39?,40?/m0/s1. The number of ketones is 1. The highest BCUT2D eigenvalue weighted by molar-refractivity contribution is 5.95. The summed E-state index contributed by atoms with van der Waals surface area (Å²) in [5.74, 6) is 0.246. The molecule has 0 radical (unpaired) electrons. The Kier molecular flexibility index (Phi) is 10.9. The van der Waals surface area contributed by atoms with Crippen LogP contribution in [0.1, 0.15) is 101 Å². The maximum atomic E-state index is 12.9. The molecule has 2 aliphatic carbocycles. The molecule has 0 spiro atoms. The number of aliphatic hydroxyl groups is 1. The lowest BCUT2D eigenvalue weighted by molar-refractivity contribution is -0.127. The Morgan fingerprint density at radius 1 is 0.651 bits per heavy atom. The van der Waals surface area contributed by atoms with E-state index in [1.807, 2.05) is 25.2 Å². The average molecular weight is 585 g/mol. The number of carbonyl (C=O) groups excluding carboxylic acids is 1. The van der Waals surface area contributed by atoms with Crippen molar-refractivity contribution in [1.82, 2.24) is 0 Å². The molecule has 3 heteroatoms. The number of epoxide rings is 1. The van der Waals surface area contributed by atoms with Gasteiger partial charge in [0.05, 0.1) is 6.10 Å². The first-order valence-electron chi connectivity index (χ1n) is 16.0. The van der Waals surface area contributed by atoms with Crippen molar-refractivity contribution in [2.75, 3.05) is 0 Å². The van der Waals surface area contributed by atoms with E-state index in [4.69, 9.17) is 4.74 Å². The van der Waals surface area contributed by atoms with E-state index in [0.29, 0.717) is 6.42 Å². The predicted molar refractivity (Wildman–Crippen MR) is 183 cm³/mol. The SMILES string of the molecule is CC(/C=C/C=C(C)/C=C/C(=O)[C@]1(C)CCCC1(C)C)=C\C=C\C=C(C)\C=C\C=C(C)\C=C\C12OC1(C)C[C@@H](O)CC2(C)C. The topological polar surface area (TPSA) is 49.8 Å². The zero-order chi connectivity index (χ0) is 32.1. The number of hydrogen-bond donors (Lipinski definition) is 1. The number of carbonyl (C=O) groups is 1. The van der Waals surface area contributed by atoms with E-state index in [9.17, 15) is 9.90 Å². The summed E-state index contributed by atoms with van der Waals surface area (Å²) in [6, 6.07) is 0. The van der Waals surface area contributed by atoms with E-state index in [0.717, 1.165) is 42.4 Å². The van der Waals surface area contributed by atoms with Crippen LogP contribution in [0.4, 0.5) is 0 Å². The van der Waals surface area contributed by atoms with Gasteiger partial charge in [0.1, 0.15) is 11.2 Å². The lowest BCUT2D eigenvalue weighted by Crippen LogP contribution is -2.46. The first-order valence-corrected chi connectivity index (χ1v) is 16.0. The molecule has 0 amide bonds. The monoisotopic (exact) mass is 584 g/mol. The van der Waals surface area contributed by atoms with Crippen molar-refractivity contribution < 1.29 is 14.6 Å².